The van der Waals surface area contributed by atoms with Crippen LogP contribution in [0.1, 0.15) is 39.3 Å². The number of hydrogen-bond donors (Lipinski definition) is 2. The van der Waals surface area contributed by atoms with Crippen molar-refractivity contribution >= 4 is 40.5 Å². The fourth-order valence-electron chi connectivity index (χ4n) is 3.53. The van der Waals surface area contributed by atoms with Crippen LogP contribution in [0.2, 0.25) is 5.02 Å². The van der Waals surface area contributed by atoms with E-state index in [4.69, 9.17) is 16.0 Å². The number of amides is 2. The third kappa shape index (κ3) is 4.33. The van der Waals surface area contributed by atoms with Crippen LogP contribution in [0.25, 0.3) is 0 Å². The van der Waals surface area contributed by atoms with Gasteiger partial charge in [0.1, 0.15) is 0 Å². The summed E-state index contributed by atoms with van der Waals surface area (Å²) in [5.41, 5.74) is 3.46. The van der Waals surface area contributed by atoms with E-state index in [2.05, 4.69) is 15.5 Å². The SMILES string of the molecule is Cc1ccc(C(=O)Nc2cc(Cl)ccc2N2CCCC2)cc1NC(=O)c1ccco1. The molecule has 4 rings (SSSR count). The summed E-state index contributed by atoms with van der Waals surface area (Å²) in [6.45, 7) is 3.78. The first-order valence-electron chi connectivity index (χ1n) is 9.82. The van der Waals surface area contributed by atoms with Crippen LogP contribution in [0.4, 0.5) is 17.1 Å². The zero-order valence-corrected chi connectivity index (χ0v) is 17.3. The molecule has 1 aliphatic heterocycles. The van der Waals surface area contributed by atoms with E-state index in [1.807, 2.05) is 19.1 Å². The van der Waals surface area contributed by atoms with Gasteiger partial charge in [0, 0.05) is 29.4 Å². The van der Waals surface area contributed by atoms with Crippen molar-refractivity contribution in [3.8, 4) is 0 Å². The van der Waals surface area contributed by atoms with Gasteiger partial charge in [-0.1, -0.05) is 17.7 Å². The van der Waals surface area contributed by atoms with Crippen LogP contribution in [0, 0.1) is 6.92 Å². The van der Waals surface area contributed by atoms with Crippen molar-refractivity contribution < 1.29 is 14.0 Å². The van der Waals surface area contributed by atoms with Crippen LogP contribution < -0.4 is 15.5 Å². The van der Waals surface area contributed by atoms with Gasteiger partial charge in [0.15, 0.2) is 5.76 Å². The molecule has 1 saturated heterocycles. The molecule has 154 valence electrons. The maximum Gasteiger partial charge on any atom is 0.291 e. The third-order valence-corrected chi connectivity index (χ3v) is 5.38. The van der Waals surface area contributed by atoms with Gasteiger partial charge < -0.3 is 20.0 Å². The molecule has 0 saturated carbocycles. The molecule has 7 heteroatoms. The Kier molecular flexibility index (Phi) is 5.77. The van der Waals surface area contributed by atoms with Gasteiger partial charge >= 0.3 is 0 Å². The highest BCUT2D eigenvalue weighted by Crippen LogP contribution is 2.32. The second-order valence-corrected chi connectivity index (χ2v) is 7.71. The molecule has 3 aromatic rings. The van der Waals surface area contributed by atoms with Crippen molar-refractivity contribution in [1.82, 2.24) is 0 Å². The van der Waals surface area contributed by atoms with Gasteiger partial charge in [-0.25, -0.2) is 0 Å². The molecule has 0 aliphatic carbocycles. The van der Waals surface area contributed by atoms with Crippen LogP contribution in [0.3, 0.4) is 0 Å². The molecule has 1 aliphatic rings. The maximum absolute atomic E-state index is 13.0. The summed E-state index contributed by atoms with van der Waals surface area (Å²) in [5.74, 6) is -0.434. The van der Waals surface area contributed by atoms with Crippen LogP contribution in [0.5, 0.6) is 0 Å². The monoisotopic (exact) mass is 423 g/mol. The molecule has 2 N–H and O–H groups in total. The van der Waals surface area contributed by atoms with Crippen molar-refractivity contribution in [1.29, 1.82) is 0 Å². The molecule has 6 nitrogen and oxygen atoms in total. The maximum atomic E-state index is 13.0. The average Bonchev–Trinajstić information content (AvgIpc) is 3.44. The number of halogens is 1. The molecule has 1 fully saturated rings. The zero-order valence-electron chi connectivity index (χ0n) is 16.6. The van der Waals surface area contributed by atoms with Crippen LogP contribution in [-0.2, 0) is 0 Å². The summed E-state index contributed by atoms with van der Waals surface area (Å²) in [6, 6.07) is 14.0. The Morgan fingerprint density at radius 2 is 1.73 bits per heavy atom. The summed E-state index contributed by atoms with van der Waals surface area (Å²) in [4.78, 5) is 27.5. The van der Waals surface area contributed by atoms with Gasteiger partial charge in [-0.15, -0.1) is 0 Å². The number of aryl methyl sites for hydroxylation is 1. The summed E-state index contributed by atoms with van der Waals surface area (Å²) in [6.07, 6.45) is 3.70. The van der Waals surface area contributed by atoms with Crippen molar-refractivity contribution in [2.45, 2.75) is 19.8 Å². The Labute approximate surface area is 179 Å². The lowest BCUT2D eigenvalue weighted by atomic mass is 10.1. The highest BCUT2D eigenvalue weighted by Gasteiger charge is 2.19. The third-order valence-electron chi connectivity index (χ3n) is 5.15. The number of carbonyl (C=O) groups excluding carboxylic acids is 2. The van der Waals surface area contributed by atoms with Gasteiger partial charge in [0.05, 0.1) is 17.6 Å². The predicted molar refractivity (Wildman–Crippen MR) is 119 cm³/mol. The molecular formula is C23H22ClN3O3. The fraction of sp³-hybridized carbons (Fsp3) is 0.217. The van der Waals surface area contributed by atoms with E-state index in [9.17, 15) is 9.59 Å². The first-order valence-corrected chi connectivity index (χ1v) is 10.2. The number of carbonyl (C=O) groups is 2. The van der Waals surface area contributed by atoms with Crippen LogP contribution in [0.15, 0.2) is 59.2 Å². The Morgan fingerprint density at radius 3 is 2.47 bits per heavy atom. The topological polar surface area (TPSA) is 74.6 Å². The minimum absolute atomic E-state index is 0.207. The van der Waals surface area contributed by atoms with Gasteiger partial charge in [-0.3, -0.25) is 9.59 Å². The number of nitrogens with zero attached hydrogens (tertiary/aromatic N) is 1. The number of rotatable bonds is 5. The summed E-state index contributed by atoms with van der Waals surface area (Å²) in [5, 5.41) is 6.33. The van der Waals surface area contributed by atoms with E-state index in [-0.39, 0.29) is 17.6 Å². The number of furan rings is 1. The molecule has 2 aromatic carbocycles. The van der Waals surface area contributed by atoms with Crippen molar-refractivity contribution in [3.63, 3.8) is 0 Å². The van der Waals surface area contributed by atoms with Crippen molar-refractivity contribution in [2.24, 2.45) is 0 Å². The average molecular weight is 424 g/mol. The summed E-state index contributed by atoms with van der Waals surface area (Å²) >= 11 is 6.18. The molecular weight excluding hydrogens is 402 g/mol. The Hall–Kier alpha value is -3.25. The second-order valence-electron chi connectivity index (χ2n) is 7.27. The number of nitrogens with one attached hydrogen (secondary N) is 2. The van der Waals surface area contributed by atoms with E-state index in [1.54, 1.807) is 36.4 Å². The Balaban J connectivity index is 1.56. The standard InChI is InChI=1S/C23H22ClN3O3/c1-15-6-7-16(13-18(15)25-23(29)21-5-4-12-30-21)22(28)26-19-14-17(24)8-9-20(19)27-10-2-3-11-27/h4-9,12-14H,2-3,10-11H2,1H3,(H,25,29)(H,26,28). The van der Waals surface area contributed by atoms with Gasteiger partial charge in [0.25, 0.3) is 11.8 Å². The van der Waals surface area contributed by atoms with E-state index in [1.165, 1.54) is 6.26 Å². The lowest BCUT2D eigenvalue weighted by Crippen LogP contribution is -2.21. The van der Waals surface area contributed by atoms with E-state index >= 15 is 0 Å². The predicted octanol–water partition coefficient (Wildman–Crippen LogP) is 5.35. The first-order chi connectivity index (χ1) is 14.5. The van der Waals surface area contributed by atoms with E-state index < -0.39 is 0 Å². The largest absolute Gasteiger partial charge is 0.459 e. The molecule has 0 bridgehead atoms. The van der Waals surface area contributed by atoms with E-state index in [0.717, 1.165) is 37.2 Å². The smallest absolute Gasteiger partial charge is 0.291 e. The summed E-state index contributed by atoms with van der Waals surface area (Å²) in [7, 11) is 0. The van der Waals surface area contributed by atoms with Gasteiger partial charge in [-0.2, -0.15) is 0 Å². The number of benzene rings is 2. The fourth-order valence-corrected chi connectivity index (χ4v) is 3.70. The first kappa shape index (κ1) is 20.0. The molecule has 1 aromatic heterocycles. The number of hydrogen-bond acceptors (Lipinski definition) is 4. The quantitative estimate of drug-likeness (QED) is 0.580. The molecule has 0 unspecified atom stereocenters. The lowest BCUT2D eigenvalue weighted by molar-refractivity contribution is 0.0993. The molecule has 0 atom stereocenters. The molecule has 2 heterocycles. The Morgan fingerprint density at radius 1 is 0.967 bits per heavy atom. The second kappa shape index (κ2) is 8.63. The van der Waals surface area contributed by atoms with Crippen LogP contribution >= 0.6 is 11.6 Å². The Bertz CT molecular complexity index is 1070. The highest BCUT2D eigenvalue weighted by molar-refractivity contribution is 6.31. The molecule has 0 radical (unpaired) electrons. The minimum atomic E-state index is -0.369. The summed E-state index contributed by atoms with van der Waals surface area (Å²) < 4.78 is 5.13. The van der Waals surface area contributed by atoms with E-state index in [0.29, 0.717) is 22.0 Å². The number of anilines is 3. The van der Waals surface area contributed by atoms with Gasteiger partial charge in [-0.05, 0) is 67.8 Å². The molecule has 30 heavy (non-hydrogen) atoms. The molecule has 2 amide bonds. The normalized spacial score (nSPS) is 13.3. The minimum Gasteiger partial charge on any atom is -0.459 e. The zero-order chi connectivity index (χ0) is 21.1. The van der Waals surface area contributed by atoms with Crippen molar-refractivity contribution in [2.75, 3.05) is 28.6 Å². The van der Waals surface area contributed by atoms with Gasteiger partial charge in [0.2, 0.25) is 0 Å². The van der Waals surface area contributed by atoms with Crippen LogP contribution in [-0.4, -0.2) is 24.9 Å². The molecule has 0 spiro atoms. The van der Waals surface area contributed by atoms with Crippen molar-refractivity contribution in [3.05, 3.63) is 76.7 Å². The lowest BCUT2D eigenvalue weighted by Gasteiger charge is -2.22. The highest BCUT2D eigenvalue weighted by atomic mass is 35.5.